The van der Waals surface area contributed by atoms with E-state index in [1.807, 2.05) is 6.92 Å². The highest BCUT2D eigenvalue weighted by Gasteiger charge is 2.07. The first-order chi connectivity index (χ1) is 9.19. The van der Waals surface area contributed by atoms with Crippen molar-refractivity contribution in [2.24, 2.45) is 0 Å². The van der Waals surface area contributed by atoms with Crippen LogP contribution in [0.5, 0.6) is 11.6 Å². The molecule has 2 rings (SSSR count). The lowest BCUT2D eigenvalue weighted by Crippen LogP contribution is -2.04. The van der Waals surface area contributed by atoms with Crippen molar-refractivity contribution < 1.29 is 9.13 Å². The Balaban J connectivity index is 2.16. The fraction of sp³-hybridized carbons (Fsp3) is 0.231. The number of aromatic nitrogens is 2. The summed E-state index contributed by atoms with van der Waals surface area (Å²) in [6.45, 7) is 2.82. The Kier molecular flexibility index (Phi) is 4.68. The van der Waals surface area contributed by atoms with E-state index in [0.717, 1.165) is 17.4 Å². The maximum Gasteiger partial charge on any atom is 0.225 e. The zero-order valence-electron chi connectivity index (χ0n) is 10.4. The fourth-order valence-electron chi connectivity index (χ4n) is 1.39. The molecule has 0 radical (unpaired) electrons. The van der Waals surface area contributed by atoms with Gasteiger partial charge in [0.05, 0.1) is 0 Å². The van der Waals surface area contributed by atoms with Gasteiger partial charge in [0.1, 0.15) is 0 Å². The van der Waals surface area contributed by atoms with Crippen molar-refractivity contribution in [1.82, 2.24) is 9.97 Å². The highest BCUT2D eigenvalue weighted by Crippen LogP contribution is 2.26. The van der Waals surface area contributed by atoms with Crippen LogP contribution in [0.2, 0.25) is 0 Å². The molecule has 0 aliphatic carbocycles. The minimum atomic E-state index is -0.440. The molecule has 0 saturated carbocycles. The zero-order chi connectivity index (χ0) is 13.7. The average molecular weight is 326 g/mol. The molecule has 0 saturated heterocycles. The monoisotopic (exact) mass is 325 g/mol. The highest BCUT2D eigenvalue weighted by molar-refractivity contribution is 9.10. The summed E-state index contributed by atoms with van der Waals surface area (Å²) in [4.78, 5) is 8.20. The first kappa shape index (κ1) is 13.7. The number of nitrogens with one attached hydrogen (secondary N) is 1. The van der Waals surface area contributed by atoms with Crippen molar-refractivity contribution in [3.05, 3.63) is 40.8 Å². The number of anilines is 1. The Morgan fingerprint density at radius 2 is 2.21 bits per heavy atom. The van der Waals surface area contributed by atoms with E-state index in [0.29, 0.717) is 11.8 Å². The minimum absolute atomic E-state index is 0.120. The van der Waals surface area contributed by atoms with Crippen LogP contribution < -0.4 is 10.1 Å². The lowest BCUT2D eigenvalue weighted by atomic mass is 10.3. The van der Waals surface area contributed by atoms with Crippen LogP contribution in [0, 0.1) is 5.82 Å². The predicted octanol–water partition coefficient (Wildman–Crippen LogP) is 3.99. The number of nitrogens with zero attached hydrogens (tertiary/aromatic N) is 2. The summed E-state index contributed by atoms with van der Waals surface area (Å²) >= 11 is 3.27. The number of hydrogen-bond donors (Lipinski definition) is 1. The molecule has 0 spiro atoms. The van der Waals surface area contributed by atoms with E-state index in [-0.39, 0.29) is 5.75 Å². The molecular weight excluding hydrogens is 313 g/mol. The minimum Gasteiger partial charge on any atom is -0.436 e. The Labute approximate surface area is 119 Å². The van der Waals surface area contributed by atoms with Gasteiger partial charge < -0.3 is 10.1 Å². The Bertz CT molecular complexity index is 565. The number of benzene rings is 1. The number of ether oxygens (including phenoxy) is 1. The molecule has 0 aliphatic heterocycles. The van der Waals surface area contributed by atoms with Crippen molar-refractivity contribution in [3.63, 3.8) is 0 Å². The van der Waals surface area contributed by atoms with Gasteiger partial charge in [-0.05, 0) is 24.6 Å². The number of hydrogen-bond acceptors (Lipinski definition) is 4. The van der Waals surface area contributed by atoms with E-state index in [4.69, 9.17) is 4.74 Å². The van der Waals surface area contributed by atoms with Gasteiger partial charge in [0, 0.05) is 23.3 Å². The van der Waals surface area contributed by atoms with Crippen LogP contribution in [0.3, 0.4) is 0 Å². The summed E-state index contributed by atoms with van der Waals surface area (Å²) in [6, 6.07) is 6.07. The van der Waals surface area contributed by atoms with E-state index < -0.39 is 5.82 Å². The molecule has 0 unspecified atom stereocenters. The summed E-state index contributed by atoms with van der Waals surface area (Å²) in [5, 5.41) is 3.04. The topological polar surface area (TPSA) is 47.0 Å². The second kappa shape index (κ2) is 6.47. The van der Waals surface area contributed by atoms with E-state index in [2.05, 4.69) is 31.2 Å². The van der Waals surface area contributed by atoms with Crippen LogP contribution in [0.1, 0.15) is 13.3 Å². The van der Waals surface area contributed by atoms with Crippen molar-refractivity contribution >= 4 is 21.9 Å². The first-order valence-electron chi connectivity index (χ1n) is 5.89. The number of rotatable bonds is 5. The normalized spacial score (nSPS) is 10.3. The highest BCUT2D eigenvalue weighted by atomic mass is 79.9. The Morgan fingerprint density at radius 1 is 1.37 bits per heavy atom. The van der Waals surface area contributed by atoms with Gasteiger partial charge in [-0.1, -0.05) is 22.9 Å². The van der Waals surface area contributed by atoms with E-state index in [1.165, 1.54) is 6.07 Å². The van der Waals surface area contributed by atoms with Gasteiger partial charge in [-0.2, -0.15) is 4.98 Å². The summed E-state index contributed by atoms with van der Waals surface area (Å²) in [5.41, 5.74) is 0. The van der Waals surface area contributed by atoms with Crippen LogP contribution in [-0.2, 0) is 0 Å². The summed E-state index contributed by atoms with van der Waals surface area (Å²) in [7, 11) is 0. The molecule has 4 nitrogen and oxygen atoms in total. The van der Waals surface area contributed by atoms with Crippen LogP contribution in [-0.4, -0.2) is 16.5 Å². The molecule has 6 heteroatoms. The smallest absolute Gasteiger partial charge is 0.225 e. The lowest BCUT2D eigenvalue weighted by Gasteiger charge is -2.08. The van der Waals surface area contributed by atoms with Crippen LogP contribution in [0.25, 0.3) is 0 Å². The SMILES string of the molecule is CCCNc1nccc(Oc2cc(Br)ccc2F)n1. The van der Waals surface area contributed by atoms with Gasteiger partial charge in [0.25, 0.3) is 0 Å². The molecule has 0 aliphatic rings. The van der Waals surface area contributed by atoms with Gasteiger partial charge in [-0.25, -0.2) is 9.37 Å². The summed E-state index contributed by atoms with van der Waals surface area (Å²) in [5.74, 6) is 0.444. The molecule has 0 fully saturated rings. The zero-order valence-corrected chi connectivity index (χ0v) is 11.9. The molecule has 100 valence electrons. The lowest BCUT2D eigenvalue weighted by molar-refractivity contribution is 0.426. The van der Waals surface area contributed by atoms with Gasteiger partial charge >= 0.3 is 0 Å². The van der Waals surface area contributed by atoms with E-state index in [9.17, 15) is 4.39 Å². The molecule has 19 heavy (non-hydrogen) atoms. The van der Waals surface area contributed by atoms with Crippen molar-refractivity contribution in [1.29, 1.82) is 0 Å². The van der Waals surface area contributed by atoms with Crippen LogP contribution >= 0.6 is 15.9 Å². The molecule has 0 atom stereocenters. The molecule has 0 bridgehead atoms. The van der Waals surface area contributed by atoms with E-state index >= 15 is 0 Å². The maximum absolute atomic E-state index is 13.6. The van der Waals surface area contributed by atoms with E-state index in [1.54, 1.807) is 24.4 Å². The van der Waals surface area contributed by atoms with Gasteiger partial charge in [-0.3, -0.25) is 0 Å². The fourth-order valence-corrected chi connectivity index (χ4v) is 1.73. The average Bonchev–Trinajstić information content (AvgIpc) is 2.41. The van der Waals surface area contributed by atoms with Crippen molar-refractivity contribution in [2.45, 2.75) is 13.3 Å². The third-order valence-corrected chi connectivity index (χ3v) is 2.76. The van der Waals surface area contributed by atoms with Crippen molar-refractivity contribution in [2.75, 3.05) is 11.9 Å². The molecule has 1 aromatic carbocycles. The molecule has 1 heterocycles. The second-order valence-electron chi connectivity index (χ2n) is 3.82. The standard InChI is InChI=1S/C13H13BrFN3O/c1-2-6-16-13-17-7-5-12(18-13)19-11-8-9(14)3-4-10(11)15/h3-5,7-8H,2,6H2,1H3,(H,16,17,18). The molecule has 1 aromatic heterocycles. The maximum atomic E-state index is 13.6. The second-order valence-corrected chi connectivity index (χ2v) is 4.74. The third kappa shape index (κ3) is 3.89. The largest absolute Gasteiger partial charge is 0.436 e. The Hall–Kier alpha value is -1.69. The van der Waals surface area contributed by atoms with Crippen LogP contribution in [0.15, 0.2) is 34.9 Å². The van der Waals surface area contributed by atoms with Gasteiger partial charge in [0.2, 0.25) is 11.8 Å². The van der Waals surface area contributed by atoms with Crippen LogP contribution in [0.4, 0.5) is 10.3 Å². The predicted molar refractivity (Wildman–Crippen MR) is 75.0 cm³/mol. The third-order valence-electron chi connectivity index (χ3n) is 2.27. The molecule has 0 amide bonds. The van der Waals surface area contributed by atoms with Crippen molar-refractivity contribution in [3.8, 4) is 11.6 Å². The molecular formula is C13H13BrFN3O. The van der Waals surface area contributed by atoms with Gasteiger partial charge in [-0.15, -0.1) is 0 Å². The summed E-state index contributed by atoms with van der Waals surface area (Å²) in [6.07, 6.45) is 2.53. The van der Waals surface area contributed by atoms with Gasteiger partial charge in [0.15, 0.2) is 11.6 Å². The first-order valence-corrected chi connectivity index (χ1v) is 6.68. The summed E-state index contributed by atoms with van der Waals surface area (Å²) < 4.78 is 19.7. The number of halogens is 2. The molecule has 1 N–H and O–H groups in total. The molecule has 2 aromatic rings. The Morgan fingerprint density at radius 3 is 3.00 bits per heavy atom. The quantitative estimate of drug-likeness (QED) is 0.902.